The molecule has 0 aromatic rings. The molecule has 0 heterocycles. The molecule has 0 fully saturated rings. The number of ether oxygens (including phenoxy) is 1. The Bertz CT molecular complexity index is 1090. The zero-order chi connectivity index (χ0) is 36.8. The molecule has 0 unspecified atom stereocenters. The third kappa shape index (κ3) is 15.6. The van der Waals surface area contributed by atoms with E-state index in [1.807, 2.05) is 41.5 Å². The number of amides is 6. The zero-order valence-electron chi connectivity index (χ0n) is 30.2. The van der Waals surface area contributed by atoms with Crippen molar-refractivity contribution >= 4 is 41.6 Å². The third-order valence-corrected chi connectivity index (χ3v) is 7.37. The van der Waals surface area contributed by atoms with Gasteiger partial charge in [-0.15, -0.1) is 0 Å². The number of aliphatic hydroxyl groups excluding tert-OH is 1. The van der Waals surface area contributed by atoms with Crippen LogP contribution < -0.4 is 16.0 Å². The molecule has 15 nitrogen and oxygen atoms in total. The minimum absolute atomic E-state index is 0.00581. The largest absolute Gasteiger partial charge is 0.414 e. The summed E-state index contributed by atoms with van der Waals surface area (Å²) in [7, 11) is 5.64. The van der Waals surface area contributed by atoms with Gasteiger partial charge in [0.05, 0.1) is 19.1 Å². The van der Waals surface area contributed by atoms with Gasteiger partial charge in [0.1, 0.15) is 24.2 Å². The molecule has 47 heavy (non-hydrogen) atoms. The Hall–Kier alpha value is -3.75. The zero-order valence-corrected chi connectivity index (χ0v) is 30.2. The highest BCUT2D eigenvalue weighted by atomic mass is 16.6. The number of esters is 1. The van der Waals surface area contributed by atoms with Gasteiger partial charge in [0.25, 0.3) is 0 Å². The molecule has 0 rings (SSSR count). The Morgan fingerprint density at radius 3 is 1.60 bits per heavy atom. The first kappa shape index (κ1) is 43.2. The third-order valence-electron chi connectivity index (χ3n) is 7.37. The van der Waals surface area contributed by atoms with E-state index in [2.05, 4.69) is 20.7 Å². The number of nitrogens with zero attached hydrogens (tertiary/aromatic N) is 3. The van der Waals surface area contributed by atoms with Crippen LogP contribution >= 0.6 is 0 Å². The molecule has 270 valence electrons. The number of carbonyl (C=O) groups excluding carboxylic acids is 7. The van der Waals surface area contributed by atoms with Crippen molar-refractivity contribution in [2.24, 2.45) is 17.8 Å². The standard InChI is InChI=1S/C32H58N6O9/c1-18(2)13-23(30(44)38(12)25(15-20(5)6)28(42)34-22(8)31(45)47-32(46)33-9)35-29(43)24(14-19(3)4)37(11)27(41)17-36(10)26(40)16-21(7)39/h18-25,39H,13-17H2,1-12H3,(H,33,46)(H,34,42)(H,35,43)/t21-,22-,23+,24+,25+/m1/s1. The number of hydrogen-bond acceptors (Lipinski definition) is 9. The van der Waals surface area contributed by atoms with Gasteiger partial charge in [0.2, 0.25) is 29.5 Å². The van der Waals surface area contributed by atoms with Crippen LogP contribution in [-0.4, -0.2) is 126 Å². The Morgan fingerprint density at radius 1 is 0.681 bits per heavy atom. The fourth-order valence-electron chi connectivity index (χ4n) is 4.72. The summed E-state index contributed by atoms with van der Waals surface area (Å²) in [5, 5.41) is 17.0. The lowest BCUT2D eigenvalue weighted by atomic mass is 9.97. The smallest absolute Gasteiger partial charge is 0.393 e. The summed E-state index contributed by atoms with van der Waals surface area (Å²) in [5.41, 5.74) is 0. The first-order valence-corrected chi connectivity index (χ1v) is 16.1. The lowest BCUT2D eigenvalue weighted by Crippen LogP contribution is -2.59. The number of aliphatic hydroxyl groups is 1. The number of rotatable bonds is 18. The first-order valence-electron chi connectivity index (χ1n) is 16.1. The van der Waals surface area contributed by atoms with Crippen molar-refractivity contribution in [2.45, 2.75) is 111 Å². The average molecular weight is 671 g/mol. The second-order valence-electron chi connectivity index (χ2n) is 13.4. The molecular formula is C32H58N6O9. The normalized spacial score (nSPS) is 14.4. The van der Waals surface area contributed by atoms with Gasteiger partial charge in [-0.2, -0.15) is 0 Å². The van der Waals surface area contributed by atoms with Crippen molar-refractivity contribution in [3.05, 3.63) is 0 Å². The molecule has 5 atom stereocenters. The average Bonchev–Trinajstić information content (AvgIpc) is 2.95. The number of likely N-dealkylation sites (N-methyl/N-ethyl adjacent to an activating group) is 3. The van der Waals surface area contributed by atoms with Gasteiger partial charge < -0.3 is 40.5 Å². The molecule has 0 aliphatic carbocycles. The van der Waals surface area contributed by atoms with Crippen molar-refractivity contribution in [1.29, 1.82) is 0 Å². The molecular weight excluding hydrogens is 612 g/mol. The van der Waals surface area contributed by atoms with Crippen LogP contribution in [0.2, 0.25) is 0 Å². The summed E-state index contributed by atoms with van der Waals surface area (Å²) >= 11 is 0. The van der Waals surface area contributed by atoms with E-state index in [9.17, 15) is 38.7 Å². The van der Waals surface area contributed by atoms with Crippen LogP contribution in [0.25, 0.3) is 0 Å². The Morgan fingerprint density at radius 2 is 1.15 bits per heavy atom. The van der Waals surface area contributed by atoms with Gasteiger partial charge >= 0.3 is 12.1 Å². The fraction of sp³-hybridized carbons (Fsp3) is 0.781. The number of alkyl carbamates (subject to hydrolysis) is 1. The molecule has 0 radical (unpaired) electrons. The fourth-order valence-corrected chi connectivity index (χ4v) is 4.72. The minimum Gasteiger partial charge on any atom is -0.393 e. The van der Waals surface area contributed by atoms with Gasteiger partial charge in [0.15, 0.2) is 0 Å². The molecule has 6 amide bonds. The maximum Gasteiger partial charge on any atom is 0.414 e. The summed E-state index contributed by atoms with van der Waals surface area (Å²) in [5.74, 6) is -3.70. The second kappa shape index (κ2) is 20.5. The van der Waals surface area contributed by atoms with E-state index in [1.165, 1.54) is 56.7 Å². The van der Waals surface area contributed by atoms with Crippen LogP contribution in [-0.2, 0) is 33.5 Å². The maximum absolute atomic E-state index is 13.9. The minimum atomic E-state index is -1.18. The second-order valence-corrected chi connectivity index (χ2v) is 13.4. The molecule has 0 aromatic heterocycles. The Kier molecular flexibility index (Phi) is 18.8. The van der Waals surface area contributed by atoms with E-state index in [4.69, 9.17) is 0 Å². The summed E-state index contributed by atoms with van der Waals surface area (Å²) in [6.45, 7) is 13.8. The van der Waals surface area contributed by atoms with Crippen LogP contribution in [0.3, 0.4) is 0 Å². The highest BCUT2D eigenvalue weighted by Crippen LogP contribution is 2.17. The maximum atomic E-state index is 13.9. The lowest BCUT2D eigenvalue weighted by molar-refractivity contribution is -0.147. The van der Waals surface area contributed by atoms with Crippen LogP contribution in [0.4, 0.5) is 4.79 Å². The molecule has 0 aliphatic heterocycles. The number of carbonyl (C=O) groups is 7. The Labute approximate surface area is 279 Å². The van der Waals surface area contributed by atoms with Crippen molar-refractivity contribution in [2.75, 3.05) is 34.7 Å². The van der Waals surface area contributed by atoms with Gasteiger partial charge in [-0.1, -0.05) is 41.5 Å². The van der Waals surface area contributed by atoms with E-state index in [0.717, 1.165) is 0 Å². The van der Waals surface area contributed by atoms with E-state index >= 15 is 0 Å². The highest BCUT2D eigenvalue weighted by Gasteiger charge is 2.36. The van der Waals surface area contributed by atoms with E-state index < -0.39 is 71.9 Å². The summed E-state index contributed by atoms with van der Waals surface area (Å²) < 4.78 is 4.60. The van der Waals surface area contributed by atoms with Crippen LogP contribution in [0.15, 0.2) is 0 Å². The van der Waals surface area contributed by atoms with Gasteiger partial charge in [0, 0.05) is 28.2 Å². The van der Waals surface area contributed by atoms with E-state index in [-0.39, 0.29) is 50.0 Å². The van der Waals surface area contributed by atoms with Gasteiger partial charge in [-0.05, 0) is 50.9 Å². The molecule has 4 N–H and O–H groups in total. The molecule has 0 bridgehead atoms. The summed E-state index contributed by atoms with van der Waals surface area (Å²) in [6.07, 6.45) is -1.24. The molecule has 0 spiro atoms. The molecule has 0 aromatic carbocycles. The predicted octanol–water partition coefficient (Wildman–Crippen LogP) is 0.880. The molecule has 15 heteroatoms. The summed E-state index contributed by atoms with van der Waals surface area (Å²) in [4.78, 5) is 93.9. The van der Waals surface area contributed by atoms with Crippen molar-refractivity contribution in [3.63, 3.8) is 0 Å². The van der Waals surface area contributed by atoms with Crippen molar-refractivity contribution in [3.8, 4) is 0 Å². The molecule has 0 saturated carbocycles. The number of hydrogen-bond donors (Lipinski definition) is 4. The first-order chi connectivity index (χ1) is 21.6. The SMILES string of the molecule is CNC(=O)OC(=O)[C@@H](C)NC(=O)[C@H](CC(C)C)N(C)C(=O)[C@H](CC(C)C)NC(=O)[C@H](CC(C)C)N(C)C(=O)CN(C)C(=O)C[C@@H](C)O. The van der Waals surface area contributed by atoms with Crippen LogP contribution in [0, 0.1) is 17.8 Å². The van der Waals surface area contributed by atoms with Gasteiger partial charge in [-0.25, -0.2) is 9.59 Å². The van der Waals surface area contributed by atoms with E-state index in [0.29, 0.717) is 0 Å². The Balaban J connectivity index is 6.13. The molecule has 0 saturated heterocycles. The number of nitrogens with one attached hydrogen (secondary N) is 3. The predicted molar refractivity (Wildman–Crippen MR) is 175 cm³/mol. The highest BCUT2D eigenvalue weighted by molar-refractivity contribution is 5.96. The molecule has 0 aliphatic rings. The summed E-state index contributed by atoms with van der Waals surface area (Å²) in [6, 6.07) is -4.21. The van der Waals surface area contributed by atoms with Crippen molar-refractivity contribution < 1.29 is 43.4 Å². The van der Waals surface area contributed by atoms with Crippen LogP contribution in [0.1, 0.15) is 81.1 Å². The monoisotopic (exact) mass is 670 g/mol. The van der Waals surface area contributed by atoms with Gasteiger partial charge in [-0.3, -0.25) is 24.0 Å². The lowest BCUT2D eigenvalue weighted by Gasteiger charge is -2.35. The topological polar surface area (TPSA) is 195 Å². The van der Waals surface area contributed by atoms with Crippen LogP contribution in [0.5, 0.6) is 0 Å². The van der Waals surface area contributed by atoms with E-state index in [1.54, 1.807) is 0 Å². The van der Waals surface area contributed by atoms with Crippen molar-refractivity contribution in [1.82, 2.24) is 30.7 Å². The quantitative estimate of drug-likeness (QED) is 0.121.